The van der Waals surface area contributed by atoms with E-state index in [9.17, 15) is 9.18 Å². The van der Waals surface area contributed by atoms with Crippen LogP contribution in [0.3, 0.4) is 0 Å². The van der Waals surface area contributed by atoms with Crippen LogP contribution in [0.5, 0.6) is 23.1 Å². The molecule has 0 bridgehead atoms. The van der Waals surface area contributed by atoms with Crippen molar-refractivity contribution in [2.75, 3.05) is 32.8 Å². The third kappa shape index (κ3) is 11.1. The lowest BCUT2D eigenvalue weighted by Gasteiger charge is -2.34. The van der Waals surface area contributed by atoms with Crippen LogP contribution in [0.1, 0.15) is 33.4 Å². The highest BCUT2D eigenvalue weighted by molar-refractivity contribution is 6.32. The fourth-order valence-corrected chi connectivity index (χ4v) is 6.05. The fourth-order valence-electron chi connectivity index (χ4n) is 5.74. The zero-order valence-corrected chi connectivity index (χ0v) is 30.8. The van der Waals surface area contributed by atoms with E-state index in [0.717, 1.165) is 48.5 Å². The molecule has 0 N–H and O–H groups in total. The van der Waals surface area contributed by atoms with Gasteiger partial charge in [-0.2, -0.15) is 0 Å². The first-order valence-corrected chi connectivity index (χ1v) is 17.4. The van der Waals surface area contributed by atoms with E-state index in [1.807, 2.05) is 30.0 Å². The van der Waals surface area contributed by atoms with Gasteiger partial charge in [-0.3, -0.25) is 9.69 Å². The van der Waals surface area contributed by atoms with E-state index >= 15 is 0 Å². The summed E-state index contributed by atoms with van der Waals surface area (Å²) >= 11 is 6.60. The molecule has 1 aliphatic heterocycles. The molecule has 7 nitrogen and oxygen atoms in total. The number of hydrogen-bond acceptors (Lipinski definition) is 6. The van der Waals surface area contributed by atoms with Crippen molar-refractivity contribution in [2.45, 2.75) is 33.4 Å². The number of carbonyl (C=O) groups is 1. The molecule has 52 heavy (non-hydrogen) atoms. The number of hydrogen-bond donors (Lipinski definition) is 0. The van der Waals surface area contributed by atoms with E-state index in [1.165, 1.54) is 28.8 Å². The molecule has 0 spiro atoms. The quantitative estimate of drug-likeness (QED) is 0.112. The summed E-state index contributed by atoms with van der Waals surface area (Å²) in [6.07, 6.45) is 5.82. The molecule has 0 atom stereocenters. The Morgan fingerprint density at radius 3 is 2.17 bits per heavy atom. The van der Waals surface area contributed by atoms with E-state index in [4.69, 9.17) is 25.8 Å². The molecule has 0 saturated carbocycles. The maximum absolute atomic E-state index is 13.1. The fraction of sp³-hybridized carbons (Fsp3) is 0.238. The summed E-state index contributed by atoms with van der Waals surface area (Å²) in [5.41, 5.74) is 6.20. The van der Waals surface area contributed by atoms with E-state index in [-0.39, 0.29) is 24.1 Å². The molecule has 2 heterocycles. The molecule has 1 saturated heterocycles. The van der Waals surface area contributed by atoms with Crippen molar-refractivity contribution >= 4 is 36.0 Å². The lowest BCUT2D eigenvalue weighted by molar-refractivity contribution is -0.127. The first kappa shape index (κ1) is 38.3. The predicted molar refractivity (Wildman–Crippen MR) is 206 cm³/mol. The van der Waals surface area contributed by atoms with Gasteiger partial charge in [0.2, 0.25) is 11.8 Å². The van der Waals surface area contributed by atoms with Crippen LogP contribution in [0.2, 0.25) is 5.02 Å². The molecule has 1 fully saturated rings. The average molecular weight is 743 g/mol. The second kappa shape index (κ2) is 18.6. The smallest absolute Gasteiger partial charge is 0.246 e. The van der Waals surface area contributed by atoms with Gasteiger partial charge in [0.1, 0.15) is 23.9 Å². The van der Waals surface area contributed by atoms with Crippen LogP contribution < -0.4 is 14.2 Å². The summed E-state index contributed by atoms with van der Waals surface area (Å²) in [5.74, 6) is 2.00. The molecular weight excluding hydrogens is 700 g/mol. The molecule has 270 valence electrons. The zero-order valence-electron chi connectivity index (χ0n) is 29.3. The van der Waals surface area contributed by atoms with Crippen molar-refractivity contribution in [2.24, 2.45) is 0 Å². The number of piperazine rings is 1. The van der Waals surface area contributed by atoms with E-state index in [2.05, 4.69) is 53.2 Å². The van der Waals surface area contributed by atoms with Gasteiger partial charge in [-0.15, -0.1) is 12.4 Å². The third-order valence-corrected chi connectivity index (χ3v) is 8.98. The van der Waals surface area contributed by atoms with Crippen molar-refractivity contribution in [3.63, 3.8) is 0 Å². The van der Waals surface area contributed by atoms with Crippen LogP contribution in [-0.2, 0) is 24.4 Å². The standard InChI is InChI=1S/C42H41ClFN3O4.ClH/c1-30-3-14-37(15-4-30)49-24-19-32-5-7-33(8-6-32)28-46-20-22-47(23-21-46)41(48)18-11-35-25-31(2)42(39(43)26-35)51-40-17-16-38(27-45-40)50-29-34-9-12-36(44)13-10-34;/h3-18,25-27H,19-24,28-29H2,1-2H3;1H/b18-11+;. The van der Waals surface area contributed by atoms with Gasteiger partial charge in [-0.05, 0) is 90.2 Å². The number of ether oxygens (including phenoxy) is 3. The van der Waals surface area contributed by atoms with Crippen molar-refractivity contribution in [3.8, 4) is 23.1 Å². The summed E-state index contributed by atoms with van der Waals surface area (Å²) in [7, 11) is 0. The van der Waals surface area contributed by atoms with Crippen molar-refractivity contribution in [1.29, 1.82) is 0 Å². The molecule has 0 radical (unpaired) electrons. The summed E-state index contributed by atoms with van der Waals surface area (Å²) in [5, 5.41) is 0.415. The molecule has 5 aromatic rings. The van der Waals surface area contributed by atoms with Crippen LogP contribution in [0, 0.1) is 19.7 Å². The number of amides is 1. The Labute approximate surface area is 316 Å². The highest BCUT2D eigenvalue weighted by Gasteiger charge is 2.20. The number of rotatable bonds is 13. The summed E-state index contributed by atoms with van der Waals surface area (Å²) in [6, 6.07) is 30.1. The number of benzene rings is 4. The molecule has 1 aromatic heterocycles. The van der Waals surface area contributed by atoms with Crippen molar-refractivity contribution < 1.29 is 23.4 Å². The van der Waals surface area contributed by atoms with Crippen LogP contribution in [0.15, 0.2) is 109 Å². The highest BCUT2D eigenvalue weighted by Crippen LogP contribution is 2.34. The summed E-state index contributed by atoms with van der Waals surface area (Å²) in [6.45, 7) is 8.74. The number of nitrogens with zero attached hydrogens (tertiary/aromatic N) is 3. The van der Waals surface area contributed by atoms with Gasteiger partial charge in [-0.1, -0.05) is 65.7 Å². The lowest BCUT2D eigenvalue weighted by Crippen LogP contribution is -2.47. The minimum absolute atomic E-state index is 0. The summed E-state index contributed by atoms with van der Waals surface area (Å²) in [4.78, 5) is 21.6. The Morgan fingerprint density at radius 1 is 0.827 bits per heavy atom. The number of carbonyl (C=O) groups excluding carboxylic acids is 1. The molecule has 1 aliphatic rings. The predicted octanol–water partition coefficient (Wildman–Crippen LogP) is 9.26. The van der Waals surface area contributed by atoms with Gasteiger partial charge in [0, 0.05) is 51.3 Å². The molecule has 0 unspecified atom stereocenters. The Hall–Kier alpha value is -4.89. The zero-order chi connectivity index (χ0) is 35.6. The monoisotopic (exact) mass is 741 g/mol. The van der Waals surface area contributed by atoms with Gasteiger partial charge < -0.3 is 19.1 Å². The van der Waals surface area contributed by atoms with Gasteiger partial charge in [0.05, 0.1) is 17.8 Å². The topological polar surface area (TPSA) is 64.1 Å². The summed E-state index contributed by atoms with van der Waals surface area (Å²) < 4.78 is 30.7. The molecule has 1 amide bonds. The minimum atomic E-state index is -0.288. The first-order chi connectivity index (χ1) is 24.8. The minimum Gasteiger partial charge on any atom is -0.493 e. The number of halogens is 3. The van der Waals surface area contributed by atoms with E-state index in [0.29, 0.717) is 48.7 Å². The third-order valence-electron chi connectivity index (χ3n) is 8.70. The second-order valence-electron chi connectivity index (χ2n) is 12.7. The molecule has 4 aromatic carbocycles. The van der Waals surface area contributed by atoms with Crippen LogP contribution in [0.4, 0.5) is 4.39 Å². The van der Waals surface area contributed by atoms with Crippen LogP contribution >= 0.6 is 24.0 Å². The van der Waals surface area contributed by atoms with Crippen molar-refractivity contribution in [1.82, 2.24) is 14.8 Å². The van der Waals surface area contributed by atoms with Gasteiger partial charge in [-0.25, -0.2) is 9.37 Å². The van der Waals surface area contributed by atoms with E-state index < -0.39 is 0 Å². The molecular formula is C42H42Cl2FN3O4. The number of aryl methyl sites for hydroxylation is 2. The normalized spacial score (nSPS) is 13.1. The number of pyridine rings is 1. The SMILES string of the molecule is Cc1ccc(OCCc2ccc(CN3CCN(C(=O)/C=C/c4cc(C)c(Oc5ccc(OCc6ccc(F)cc6)cn5)c(Cl)c4)CC3)cc2)cc1.Cl. The van der Waals surface area contributed by atoms with Gasteiger partial charge >= 0.3 is 0 Å². The Kier molecular flexibility index (Phi) is 13.7. The maximum Gasteiger partial charge on any atom is 0.246 e. The van der Waals surface area contributed by atoms with Gasteiger partial charge in [0.25, 0.3) is 0 Å². The molecule has 6 rings (SSSR count). The first-order valence-electron chi connectivity index (χ1n) is 17.1. The van der Waals surface area contributed by atoms with E-state index in [1.54, 1.807) is 48.7 Å². The second-order valence-corrected chi connectivity index (χ2v) is 13.1. The van der Waals surface area contributed by atoms with Gasteiger partial charge in [0.15, 0.2) is 5.75 Å². The Balaban J connectivity index is 0.00000523. The maximum atomic E-state index is 13.1. The van der Waals surface area contributed by atoms with Crippen LogP contribution in [-0.4, -0.2) is 53.5 Å². The largest absolute Gasteiger partial charge is 0.493 e. The lowest BCUT2D eigenvalue weighted by atomic mass is 10.1. The van der Waals surface area contributed by atoms with Crippen LogP contribution in [0.25, 0.3) is 6.08 Å². The highest BCUT2D eigenvalue weighted by atomic mass is 35.5. The Bertz CT molecular complexity index is 1910. The number of aromatic nitrogens is 1. The molecule has 0 aliphatic carbocycles. The average Bonchev–Trinajstić information content (AvgIpc) is 3.14. The Morgan fingerprint density at radius 2 is 1.50 bits per heavy atom. The van der Waals surface area contributed by atoms with Crippen molar-refractivity contribution in [3.05, 3.63) is 154 Å². The molecule has 10 heteroatoms.